The molecule has 5 nitrogen and oxygen atoms in total. The fraction of sp³-hybridized carbons (Fsp3) is 0.276. The summed E-state index contributed by atoms with van der Waals surface area (Å²) in [5, 5.41) is 0. The van der Waals surface area contributed by atoms with Crippen LogP contribution in [0.2, 0.25) is 0 Å². The minimum absolute atomic E-state index is 0.0135. The molecule has 3 aromatic carbocycles. The van der Waals surface area contributed by atoms with Crippen LogP contribution in [-0.4, -0.2) is 31.6 Å². The normalized spacial score (nSPS) is 14.8. The van der Waals surface area contributed by atoms with Crippen LogP contribution in [0, 0.1) is 5.92 Å². The van der Waals surface area contributed by atoms with Crippen molar-refractivity contribution in [2.45, 2.75) is 32.1 Å². The molecule has 1 saturated carbocycles. The summed E-state index contributed by atoms with van der Waals surface area (Å²) in [6.07, 6.45) is 3.12. The Bertz CT molecular complexity index is 1260. The van der Waals surface area contributed by atoms with Crippen LogP contribution in [0.3, 0.4) is 0 Å². The van der Waals surface area contributed by atoms with Crippen molar-refractivity contribution in [2.75, 3.05) is 23.9 Å². The molecule has 34 heavy (non-hydrogen) atoms. The first-order chi connectivity index (χ1) is 16.4. The summed E-state index contributed by atoms with van der Waals surface area (Å²) in [5.41, 5.74) is 6.23. The molecule has 0 unspecified atom stereocenters. The van der Waals surface area contributed by atoms with E-state index in [1.807, 2.05) is 85.7 Å². The van der Waals surface area contributed by atoms with Crippen molar-refractivity contribution in [1.82, 2.24) is 0 Å². The largest absolute Gasteiger partial charge is 0.378 e. The third-order valence-corrected chi connectivity index (χ3v) is 6.65. The maximum absolute atomic E-state index is 12.8. The van der Waals surface area contributed by atoms with Crippen LogP contribution in [0.25, 0.3) is 0 Å². The van der Waals surface area contributed by atoms with Crippen LogP contribution in [0.5, 0.6) is 0 Å². The number of carbonyl (C=O) groups is 3. The Balaban J connectivity index is 1.30. The summed E-state index contributed by atoms with van der Waals surface area (Å²) >= 11 is 0. The fourth-order valence-corrected chi connectivity index (χ4v) is 4.51. The van der Waals surface area contributed by atoms with Crippen molar-refractivity contribution in [1.29, 1.82) is 0 Å². The van der Waals surface area contributed by atoms with E-state index in [4.69, 9.17) is 0 Å². The summed E-state index contributed by atoms with van der Waals surface area (Å²) in [6.45, 7) is 0. The Kier molecular flexibility index (Phi) is 5.78. The number of ketones is 2. The van der Waals surface area contributed by atoms with E-state index >= 15 is 0 Å². The van der Waals surface area contributed by atoms with Crippen molar-refractivity contribution >= 4 is 34.5 Å². The van der Waals surface area contributed by atoms with E-state index in [-0.39, 0.29) is 17.6 Å². The van der Waals surface area contributed by atoms with E-state index in [0.717, 1.165) is 46.6 Å². The number of anilines is 3. The first-order valence-corrected chi connectivity index (χ1v) is 11.8. The van der Waals surface area contributed by atoms with Crippen LogP contribution >= 0.6 is 0 Å². The summed E-state index contributed by atoms with van der Waals surface area (Å²) in [5.74, 6) is 0.638. The average molecular weight is 453 g/mol. The standard InChI is InChI=1S/C29H28N2O3/c1-30(2)24-12-8-22(9-13-24)28(33)17-20-5-14-26-23(15-20)18-29(34)31(26)25-10-3-19(4-11-25)16-27(32)21-6-7-21/h3-5,8-15,21H,6-7,16-18H2,1-2H3. The molecular formula is C29H28N2O3. The summed E-state index contributed by atoms with van der Waals surface area (Å²) in [6, 6.07) is 21.2. The SMILES string of the molecule is CN(C)c1ccc(C(=O)Cc2ccc3c(c2)CC(=O)N3c2ccc(CC(=O)C3CC3)cc2)cc1. The van der Waals surface area contributed by atoms with Gasteiger partial charge in [0.05, 0.1) is 12.1 Å². The topological polar surface area (TPSA) is 57.7 Å². The zero-order chi connectivity index (χ0) is 23.8. The molecule has 3 aromatic rings. The van der Waals surface area contributed by atoms with Gasteiger partial charge in [0.1, 0.15) is 5.78 Å². The number of carbonyl (C=O) groups excluding carboxylic acids is 3. The molecule has 0 aromatic heterocycles. The molecular weight excluding hydrogens is 424 g/mol. The Morgan fingerprint density at radius 1 is 0.882 bits per heavy atom. The highest BCUT2D eigenvalue weighted by Gasteiger charge is 2.30. The predicted molar refractivity (Wildman–Crippen MR) is 134 cm³/mol. The predicted octanol–water partition coefficient (Wildman–Crippen LogP) is 4.92. The van der Waals surface area contributed by atoms with Gasteiger partial charge in [0.2, 0.25) is 5.91 Å². The van der Waals surface area contributed by atoms with E-state index in [1.54, 1.807) is 4.90 Å². The van der Waals surface area contributed by atoms with Gasteiger partial charge in [0.15, 0.2) is 5.78 Å². The van der Waals surface area contributed by atoms with Crippen LogP contribution in [0.4, 0.5) is 17.1 Å². The molecule has 5 heteroatoms. The number of benzene rings is 3. The van der Waals surface area contributed by atoms with Crippen LogP contribution in [0.15, 0.2) is 66.7 Å². The summed E-state index contributed by atoms with van der Waals surface area (Å²) in [4.78, 5) is 41.4. The van der Waals surface area contributed by atoms with Crippen LogP contribution in [-0.2, 0) is 28.9 Å². The van der Waals surface area contributed by atoms with E-state index in [0.29, 0.717) is 30.6 Å². The second-order valence-electron chi connectivity index (χ2n) is 9.49. The van der Waals surface area contributed by atoms with Gasteiger partial charge in [0, 0.05) is 49.8 Å². The van der Waals surface area contributed by atoms with Gasteiger partial charge >= 0.3 is 0 Å². The van der Waals surface area contributed by atoms with Gasteiger partial charge in [-0.2, -0.15) is 0 Å². The number of fused-ring (bicyclic) bond motifs is 1. The Morgan fingerprint density at radius 2 is 1.56 bits per heavy atom. The molecule has 1 fully saturated rings. The zero-order valence-electron chi connectivity index (χ0n) is 19.6. The number of hydrogen-bond acceptors (Lipinski definition) is 4. The Morgan fingerprint density at radius 3 is 2.21 bits per heavy atom. The van der Waals surface area contributed by atoms with E-state index < -0.39 is 0 Å². The van der Waals surface area contributed by atoms with E-state index in [9.17, 15) is 14.4 Å². The smallest absolute Gasteiger partial charge is 0.236 e. The third kappa shape index (κ3) is 4.51. The number of Topliss-reactive ketones (excluding diaryl/α,β-unsaturated/α-hetero) is 2. The maximum Gasteiger partial charge on any atom is 0.236 e. The van der Waals surface area contributed by atoms with Crippen LogP contribution < -0.4 is 9.80 Å². The van der Waals surface area contributed by atoms with Gasteiger partial charge in [-0.1, -0.05) is 24.3 Å². The molecule has 0 bridgehead atoms. The molecule has 1 aliphatic carbocycles. The molecule has 0 spiro atoms. The number of rotatable bonds is 8. The van der Waals surface area contributed by atoms with Crippen molar-refractivity contribution in [3.63, 3.8) is 0 Å². The molecule has 2 aliphatic rings. The lowest BCUT2D eigenvalue weighted by Gasteiger charge is -2.18. The van der Waals surface area contributed by atoms with Gasteiger partial charge in [0.25, 0.3) is 0 Å². The highest BCUT2D eigenvalue weighted by atomic mass is 16.2. The first-order valence-electron chi connectivity index (χ1n) is 11.8. The molecule has 0 N–H and O–H groups in total. The second-order valence-corrected chi connectivity index (χ2v) is 9.49. The average Bonchev–Trinajstić information content (AvgIpc) is 3.62. The lowest BCUT2D eigenvalue weighted by atomic mass is 10.00. The maximum atomic E-state index is 12.8. The van der Waals surface area contributed by atoms with Crippen molar-refractivity contribution in [3.05, 3.63) is 89.0 Å². The van der Waals surface area contributed by atoms with Gasteiger partial charge < -0.3 is 4.90 Å². The molecule has 1 heterocycles. The molecule has 1 amide bonds. The molecule has 0 atom stereocenters. The van der Waals surface area contributed by atoms with Gasteiger partial charge in [-0.25, -0.2) is 0 Å². The van der Waals surface area contributed by atoms with Gasteiger partial charge in [-0.05, 0) is 72.0 Å². The van der Waals surface area contributed by atoms with Crippen LogP contribution in [0.1, 0.15) is 39.9 Å². The molecule has 172 valence electrons. The molecule has 1 aliphatic heterocycles. The van der Waals surface area contributed by atoms with Crippen molar-refractivity contribution < 1.29 is 14.4 Å². The Hall–Kier alpha value is -3.73. The summed E-state index contributed by atoms with van der Waals surface area (Å²) in [7, 11) is 3.94. The minimum atomic E-state index is 0.0135. The van der Waals surface area contributed by atoms with Crippen molar-refractivity contribution in [3.8, 4) is 0 Å². The van der Waals surface area contributed by atoms with Gasteiger partial charge in [-0.3, -0.25) is 19.3 Å². The minimum Gasteiger partial charge on any atom is -0.378 e. The molecule has 0 radical (unpaired) electrons. The molecule has 5 rings (SSSR count). The molecule has 0 saturated heterocycles. The van der Waals surface area contributed by atoms with Crippen molar-refractivity contribution in [2.24, 2.45) is 5.92 Å². The number of nitrogens with zero attached hydrogens (tertiary/aromatic N) is 2. The number of amides is 1. The quantitative estimate of drug-likeness (QED) is 0.455. The monoisotopic (exact) mass is 452 g/mol. The van der Waals surface area contributed by atoms with E-state index in [1.165, 1.54) is 0 Å². The number of hydrogen-bond donors (Lipinski definition) is 0. The second kappa shape index (κ2) is 8.90. The lowest BCUT2D eigenvalue weighted by Crippen LogP contribution is -2.20. The third-order valence-electron chi connectivity index (χ3n) is 6.65. The zero-order valence-corrected chi connectivity index (χ0v) is 19.6. The first kappa shape index (κ1) is 22.1. The van der Waals surface area contributed by atoms with E-state index in [2.05, 4.69) is 0 Å². The summed E-state index contributed by atoms with van der Waals surface area (Å²) < 4.78 is 0. The Labute approximate surface area is 200 Å². The highest BCUT2D eigenvalue weighted by molar-refractivity contribution is 6.07. The fourth-order valence-electron chi connectivity index (χ4n) is 4.51. The lowest BCUT2D eigenvalue weighted by molar-refractivity contribution is -0.119. The highest BCUT2D eigenvalue weighted by Crippen LogP contribution is 2.36. The van der Waals surface area contributed by atoms with Gasteiger partial charge in [-0.15, -0.1) is 0 Å².